The van der Waals surface area contributed by atoms with E-state index in [1.165, 1.54) is 11.1 Å². The number of piperazine rings is 1. The minimum atomic E-state index is 0.212. The first-order chi connectivity index (χ1) is 16.2. The summed E-state index contributed by atoms with van der Waals surface area (Å²) in [6.45, 7) is 5.10. The number of carbonyl (C=O) groups is 1. The smallest absolute Gasteiger partial charge is 0.227 e. The number of amides is 1. The zero-order valence-electron chi connectivity index (χ0n) is 18.7. The van der Waals surface area contributed by atoms with E-state index >= 15 is 0 Å². The average molecular weight is 458 g/mol. The number of hydrogen-bond donors (Lipinski definition) is 0. The van der Waals surface area contributed by atoms with Gasteiger partial charge in [0.1, 0.15) is 0 Å². The molecule has 2 heterocycles. The molecule has 5 heteroatoms. The molecule has 168 valence electrons. The molecular formula is C28H28ClN3O. The Morgan fingerprint density at radius 2 is 1.42 bits per heavy atom. The van der Waals surface area contributed by atoms with Crippen LogP contribution in [0.5, 0.6) is 0 Å². The lowest BCUT2D eigenvalue weighted by Gasteiger charge is -2.34. The van der Waals surface area contributed by atoms with E-state index in [4.69, 9.17) is 11.6 Å². The first-order valence-electron chi connectivity index (χ1n) is 11.5. The molecular weight excluding hydrogens is 430 g/mol. The fraction of sp³-hybridized carbons (Fsp3) is 0.250. The van der Waals surface area contributed by atoms with E-state index in [9.17, 15) is 4.79 Å². The molecule has 0 N–H and O–H groups in total. The quantitative estimate of drug-likeness (QED) is 0.396. The average Bonchev–Trinajstić information content (AvgIpc) is 3.19. The van der Waals surface area contributed by atoms with Gasteiger partial charge in [-0.15, -0.1) is 0 Å². The van der Waals surface area contributed by atoms with Gasteiger partial charge in [-0.1, -0.05) is 72.3 Å². The third kappa shape index (κ3) is 5.13. The van der Waals surface area contributed by atoms with Crippen molar-refractivity contribution in [2.75, 3.05) is 26.2 Å². The minimum Gasteiger partial charge on any atom is -0.343 e. The van der Waals surface area contributed by atoms with Gasteiger partial charge >= 0.3 is 0 Å². The third-order valence-electron chi connectivity index (χ3n) is 6.45. The summed E-state index contributed by atoms with van der Waals surface area (Å²) in [7, 11) is 0. The highest BCUT2D eigenvalue weighted by Gasteiger charge is 2.22. The van der Waals surface area contributed by atoms with Crippen molar-refractivity contribution in [1.29, 1.82) is 0 Å². The normalized spacial score (nSPS) is 14.6. The molecule has 0 aliphatic carbocycles. The minimum absolute atomic E-state index is 0.212. The maximum atomic E-state index is 13.2. The van der Waals surface area contributed by atoms with E-state index in [1.807, 2.05) is 29.2 Å². The van der Waals surface area contributed by atoms with Crippen LogP contribution in [0.15, 0.2) is 85.1 Å². The lowest BCUT2D eigenvalue weighted by molar-refractivity contribution is -0.132. The maximum absolute atomic E-state index is 13.2. The molecule has 0 radical (unpaired) electrons. The highest BCUT2D eigenvalue weighted by atomic mass is 35.5. The Balaban J connectivity index is 1.25. The Bertz CT molecular complexity index is 1230. The van der Waals surface area contributed by atoms with Crippen LogP contribution < -0.4 is 0 Å². The molecule has 33 heavy (non-hydrogen) atoms. The van der Waals surface area contributed by atoms with E-state index < -0.39 is 0 Å². The van der Waals surface area contributed by atoms with Gasteiger partial charge in [0, 0.05) is 61.4 Å². The largest absolute Gasteiger partial charge is 0.343 e. The van der Waals surface area contributed by atoms with Gasteiger partial charge in [-0.2, -0.15) is 0 Å². The Morgan fingerprint density at radius 3 is 2.18 bits per heavy atom. The summed E-state index contributed by atoms with van der Waals surface area (Å²) < 4.78 is 2.24. The Hall–Kier alpha value is -3.08. The molecule has 1 saturated heterocycles. The van der Waals surface area contributed by atoms with Crippen LogP contribution in [0.4, 0.5) is 0 Å². The van der Waals surface area contributed by atoms with Crippen LogP contribution in [0.1, 0.15) is 16.7 Å². The number of halogens is 1. The molecule has 4 nitrogen and oxygen atoms in total. The first kappa shape index (κ1) is 21.7. The van der Waals surface area contributed by atoms with Crippen molar-refractivity contribution in [1.82, 2.24) is 14.4 Å². The predicted molar refractivity (Wildman–Crippen MR) is 134 cm³/mol. The summed E-state index contributed by atoms with van der Waals surface area (Å²) >= 11 is 6.04. The molecule has 0 unspecified atom stereocenters. The fourth-order valence-electron chi connectivity index (χ4n) is 4.65. The van der Waals surface area contributed by atoms with Crippen molar-refractivity contribution >= 4 is 28.4 Å². The molecule has 1 aliphatic heterocycles. The van der Waals surface area contributed by atoms with Gasteiger partial charge in [0.15, 0.2) is 0 Å². The number of fused-ring (bicyclic) bond motifs is 1. The molecule has 0 atom stereocenters. The van der Waals surface area contributed by atoms with Gasteiger partial charge < -0.3 is 9.47 Å². The van der Waals surface area contributed by atoms with Crippen molar-refractivity contribution in [2.24, 2.45) is 0 Å². The molecule has 0 saturated carbocycles. The van der Waals surface area contributed by atoms with Crippen LogP contribution in [0.25, 0.3) is 10.9 Å². The van der Waals surface area contributed by atoms with Gasteiger partial charge in [-0.3, -0.25) is 9.69 Å². The Kier molecular flexibility index (Phi) is 6.47. The van der Waals surface area contributed by atoms with E-state index in [2.05, 4.69) is 70.3 Å². The highest BCUT2D eigenvalue weighted by Crippen LogP contribution is 2.24. The van der Waals surface area contributed by atoms with Crippen LogP contribution in [0.2, 0.25) is 5.02 Å². The van der Waals surface area contributed by atoms with Gasteiger partial charge in [0.05, 0.1) is 6.42 Å². The molecule has 1 aromatic heterocycles. The zero-order chi connectivity index (χ0) is 22.6. The summed E-state index contributed by atoms with van der Waals surface area (Å²) in [5.41, 5.74) is 4.76. The van der Waals surface area contributed by atoms with Crippen molar-refractivity contribution in [3.05, 3.63) is 107 Å². The number of para-hydroxylation sites is 1. The fourth-order valence-corrected chi connectivity index (χ4v) is 4.78. The van der Waals surface area contributed by atoms with E-state index in [1.54, 1.807) is 0 Å². The lowest BCUT2D eigenvalue weighted by atomic mass is 10.1. The SMILES string of the molecule is O=C(Cc1cn(Cc2ccc(Cl)cc2)c2ccccc12)N1CCN(Cc2ccccc2)CC1. The molecule has 1 amide bonds. The maximum Gasteiger partial charge on any atom is 0.227 e. The standard InChI is InChI=1S/C28H28ClN3O/c29-25-12-10-23(11-13-25)20-32-21-24(26-8-4-5-9-27(26)32)18-28(33)31-16-14-30(15-17-31)19-22-6-2-1-3-7-22/h1-13,21H,14-20H2. The lowest BCUT2D eigenvalue weighted by Crippen LogP contribution is -2.48. The Labute approximate surface area is 200 Å². The molecule has 5 rings (SSSR count). The monoisotopic (exact) mass is 457 g/mol. The molecule has 3 aromatic carbocycles. The van der Waals surface area contributed by atoms with Crippen LogP contribution in [0, 0.1) is 0 Å². The van der Waals surface area contributed by atoms with Crippen molar-refractivity contribution < 1.29 is 4.79 Å². The number of aromatic nitrogens is 1. The van der Waals surface area contributed by atoms with Crippen LogP contribution in [0.3, 0.4) is 0 Å². The number of carbonyl (C=O) groups excluding carboxylic acids is 1. The van der Waals surface area contributed by atoms with E-state index in [0.29, 0.717) is 6.42 Å². The predicted octanol–water partition coefficient (Wildman–Crippen LogP) is 5.23. The van der Waals surface area contributed by atoms with Gasteiger partial charge in [0.25, 0.3) is 0 Å². The summed E-state index contributed by atoms with van der Waals surface area (Å²) in [6, 6.07) is 26.8. The topological polar surface area (TPSA) is 28.5 Å². The third-order valence-corrected chi connectivity index (χ3v) is 6.70. The summed E-state index contributed by atoms with van der Waals surface area (Å²) in [4.78, 5) is 17.6. The number of rotatable bonds is 6. The van der Waals surface area contributed by atoms with Gasteiger partial charge in [-0.05, 0) is 34.9 Å². The van der Waals surface area contributed by atoms with Crippen molar-refractivity contribution in [3.63, 3.8) is 0 Å². The highest BCUT2D eigenvalue weighted by molar-refractivity contribution is 6.30. The second-order valence-corrected chi connectivity index (χ2v) is 9.18. The van der Waals surface area contributed by atoms with Crippen molar-refractivity contribution in [2.45, 2.75) is 19.5 Å². The summed E-state index contributed by atoms with van der Waals surface area (Å²) in [5, 5.41) is 1.90. The molecule has 0 spiro atoms. The number of benzene rings is 3. The van der Waals surface area contributed by atoms with E-state index in [-0.39, 0.29) is 5.91 Å². The summed E-state index contributed by atoms with van der Waals surface area (Å²) in [5.74, 6) is 0.212. The van der Waals surface area contributed by atoms with Crippen molar-refractivity contribution in [3.8, 4) is 0 Å². The van der Waals surface area contributed by atoms with Crippen LogP contribution in [-0.4, -0.2) is 46.5 Å². The molecule has 1 fully saturated rings. The first-order valence-corrected chi connectivity index (χ1v) is 11.9. The van der Waals surface area contributed by atoms with Gasteiger partial charge in [0.2, 0.25) is 5.91 Å². The van der Waals surface area contributed by atoms with Crippen LogP contribution in [-0.2, 0) is 24.3 Å². The Morgan fingerprint density at radius 1 is 0.758 bits per heavy atom. The summed E-state index contributed by atoms with van der Waals surface area (Å²) in [6.07, 6.45) is 2.58. The molecule has 0 bridgehead atoms. The van der Waals surface area contributed by atoms with Gasteiger partial charge in [-0.25, -0.2) is 0 Å². The molecule has 4 aromatic rings. The number of nitrogens with zero attached hydrogens (tertiary/aromatic N) is 3. The zero-order valence-corrected chi connectivity index (χ0v) is 19.4. The second kappa shape index (κ2) is 9.82. The van der Waals surface area contributed by atoms with E-state index in [0.717, 1.165) is 60.8 Å². The molecule has 1 aliphatic rings. The second-order valence-electron chi connectivity index (χ2n) is 8.75. The number of hydrogen-bond acceptors (Lipinski definition) is 2. The van der Waals surface area contributed by atoms with Crippen LogP contribution >= 0.6 is 11.6 Å².